The molecular formula is C24H30N6O2. The third-order valence-corrected chi connectivity index (χ3v) is 5.63. The van der Waals surface area contributed by atoms with Crippen LogP contribution < -0.4 is 15.0 Å². The van der Waals surface area contributed by atoms with Crippen LogP contribution in [-0.4, -0.2) is 44.6 Å². The molecule has 1 aliphatic heterocycles. The molecule has 3 aromatic rings. The standard InChI is InChI=1S/C24H30N6O2/c1-3-32-21-9-7-19(8-10-21)16-26-23(31)15-20-6-4-5-12-30(20)22-14-18(2)27-24(28-22)29-13-11-25-17-29/h7-11,13-14,17,20H,3-6,12,15-16H2,1-2H3,(H,26,31). The van der Waals surface area contributed by atoms with Gasteiger partial charge in [0.1, 0.15) is 17.9 Å². The predicted molar refractivity (Wildman–Crippen MR) is 123 cm³/mol. The van der Waals surface area contributed by atoms with Crippen LogP contribution in [0.25, 0.3) is 5.95 Å². The Bertz CT molecular complexity index is 1020. The van der Waals surface area contributed by atoms with Crippen LogP contribution in [0.5, 0.6) is 5.75 Å². The normalized spacial score (nSPS) is 16.1. The van der Waals surface area contributed by atoms with Crippen molar-refractivity contribution in [2.24, 2.45) is 0 Å². The molecule has 1 saturated heterocycles. The smallest absolute Gasteiger partial charge is 0.237 e. The highest BCUT2D eigenvalue weighted by Gasteiger charge is 2.26. The van der Waals surface area contributed by atoms with Gasteiger partial charge in [-0.15, -0.1) is 0 Å². The van der Waals surface area contributed by atoms with Crippen molar-refractivity contribution in [3.63, 3.8) is 0 Å². The lowest BCUT2D eigenvalue weighted by Gasteiger charge is -2.36. The van der Waals surface area contributed by atoms with Gasteiger partial charge in [-0.2, -0.15) is 4.98 Å². The van der Waals surface area contributed by atoms with Crippen molar-refractivity contribution in [3.05, 3.63) is 60.3 Å². The first-order valence-corrected chi connectivity index (χ1v) is 11.2. The molecular weight excluding hydrogens is 404 g/mol. The van der Waals surface area contributed by atoms with Gasteiger partial charge in [0.15, 0.2) is 0 Å². The third kappa shape index (κ3) is 5.43. The maximum atomic E-state index is 12.7. The van der Waals surface area contributed by atoms with E-state index in [0.717, 1.165) is 48.6 Å². The van der Waals surface area contributed by atoms with E-state index in [0.29, 0.717) is 25.5 Å². The number of rotatable bonds is 8. The Kier molecular flexibility index (Phi) is 6.99. The summed E-state index contributed by atoms with van der Waals surface area (Å²) in [6.07, 6.45) is 8.87. The molecule has 1 amide bonds. The molecule has 0 radical (unpaired) electrons. The molecule has 0 spiro atoms. The van der Waals surface area contributed by atoms with Crippen LogP contribution in [-0.2, 0) is 11.3 Å². The van der Waals surface area contributed by atoms with Crippen molar-refractivity contribution in [2.45, 2.75) is 52.1 Å². The zero-order chi connectivity index (χ0) is 22.3. The average molecular weight is 435 g/mol. The first kappa shape index (κ1) is 21.8. The molecule has 4 rings (SSSR count). The van der Waals surface area contributed by atoms with Gasteiger partial charge in [-0.3, -0.25) is 9.36 Å². The Labute approximate surface area is 188 Å². The molecule has 2 aromatic heterocycles. The number of aromatic nitrogens is 4. The van der Waals surface area contributed by atoms with E-state index >= 15 is 0 Å². The molecule has 168 valence electrons. The molecule has 1 fully saturated rings. The van der Waals surface area contributed by atoms with Crippen molar-refractivity contribution < 1.29 is 9.53 Å². The first-order chi connectivity index (χ1) is 15.6. The Balaban J connectivity index is 1.41. The van der Waals surface area contributed by atoms with Crippen LogP contribution >= 0.6 is 0 Å². The van der Waals surface area contributed by atoms with E-state index in [9.17, 15) is 4.79 Å². The fourth-order valence-corrected chi connectivity index (χ4v) is 4.05. The topological polar surface area (TPSA) is 85.2 Å². The molecule has 0 bridgehead atoms. The summed E-state index contributed by atoms with van der Waals surface area (Å²) >= 11 is 0. The number of carbonyl (C=O) groups excluding carboxylic acids is 1. The minimum Gasteiger partial charge on any atom is -0.494 e. The van der Waals surface area contributed by atoms with E-state index < -0.39 is 0 Å². The number of benzene rings is 1. The van der Waals surface area contributed by atoms with Gasteiger partial charge in [-0.05, 0) is 50.8 Å². The van der Waals surface area contributed by atoms with Crippen molar-refractivity contribution in [3.8, 4) is 11.7 Å². The van der Waals surface area contributed by atoms with E-state index in [1.54, 1.807) is 17.1 Å². The van der Waals surface area contributed by atoms with Gasteiger partial charge in [0.2, 0.25) is 11.9 Å². The number of ether oxygens (including phenoxy) is 1. The largest absolute Gasteiger partial charge is 0.494 e. The summed E-state index contributed by atoms with van der Waals surface area (Å²) in [5.74, 6) is 2.36. The number of hydrogen-bond acceptors (Lipinski definition) is 6. The second kappa shape index (κ2) is 10.3. The number of imidazole rings is 1. The number of amides is 1. The maximum Gasteiger partial charge on any atom is 0.237 e. The van der Waals surface area contributed by atoms with Gasteiger partial charge in [0.05, 0.1) is 6.61 Å². The lowest BCUT2D eigenvalue weighted by molar-refractivity contribution is -0.121. The molecule has 1 N–H and O–H groups in total. The van der Waals surface area contributed by atoms with Crippen LogP contribution in [0.3, 0.4) is 0 Å². The van der Waals surface area contributed by atoms with Crippen molar-refractivity contribution in [1.29, 1.82) is 0 Å². The minimum atomic E-state index is 0.0522. The minimum absolute atomic E-state index is 0.0522. The Morgan fingerprint density at radius 2 is 2.06 bits per heavy atom. The molecule has 8 nitrogen and oxygen atoms in total. The summed E-state index contributed by atoms with van der Waals surface area (Å²) in [4.78, 5) is 28.4. The third-order valence-electron chi connectivity index (χ3n) is 5.63. The van der Waals surface area contributed by atoms with Crippen molar-refractivity contribution in [2.75, 3.05) is 18.1 Å². The lowest BCUT2D eigenvalue weighted by Crippen LogP contribution is -2.43. The molecule has 8 heteroatoms. The molecule has 0 saturated carbocycles. The van der Waals surface area contributed by atoms with Crippen molar-refractivity contribution >= 4 is 11.7 Å². The summed E-state index contributed by atoms with van der Waals surface area (Å²) in [5, 5.41) is 3.06. The monoisotopic (exact) mass is 434 g/mol. The van der Waals surface area contributed by atoms with E-state index in [2.05, 4.69) is 20.2 Å². The number of piperidine rings is 1. The Morgan fingerprint density at radius 1 is 1.22 bits per heavy atom. The number of nitrogens with one attached hydrogen (secondary N) is 1. The summed E-state index contributed by atoms with van der Waals surface area (Å²) in [5.41, 5.74) is 1.95. The van der Waals surface area contributed by atoms with Gasteiger partial charge < -0.3 is 15.0 Å². The summed E-state index contributed by atoms with van der Waals surface area (Å²) in [6, 6.07) is 9.95. The van der Waals surface area contributed by atoms with E-state index in [-0.39, 0.29) is 11.9 Å². The summed E-state index contributed by atoms with van der Waals surface area (Å²) in [7, 11) is 0. The molecule has 0 aliphatic carbocycles. The van der Waals surface area contributed by atoms with E-state index in [4.69, 9.17) is 9.72 Å². The van der Waals surface area contributed by atoms with Crippen LogP contribution in [0, 0.1) is 6.92 Å². The Hall–Kier alpha value is -3.42. The van der Waals surface area contributed by atoms with Crippen LogP contribution in [0.4, 0.5) is 5.82 Å². The van der Waals surface area contributed by atoms with Gasteiger partial charge in [0.25, 0.3) is 0 Å². The van der Waals surface area contributed by atoms with Gasteiger partial charge >= 0.3 is 0 Å². The molecule has 1 aromatic carbocycles. The van der Waals surface area contributed by atoms with E-state index in [1.165, 1.54) is 0 Å². The number of nitrogens with zero attached hydrogens (tertiary/aromatic N) is 5. The summed E-state index contributed by atoms with van der Waals surface area (Å²) in [6.45, 7) is 5.97. The molecule has 1 atom stereocenters. The highest BCUT2D eigenvalue weighted by molar-refractivity contribution is 5.77. The van der Waals surface area contributed by atoms with Gasteiger partial charge in [0, 0.05) is 49.7 Å². The quantitative estimate of drug-likeness (QED) is 0.585. The SMILES string of the molecule is CCOc1ccc(CNC(=O)CC2CCCCN2c2cc(C)nc(-n3ccnc3)n2)cc1. The Morgan fingerprint density at radius 3 is 2.81 bits per heavy atom. The van der Waals surface area contributed by atoms with Gasteiger partial charge in [-0.25, -0.2) is 9.97 Å². The van der Waals surface area contributed by atoms with Crippen LogP contribution in [0.15, 0.2) is 49.1 Å². The number of carbonyl (C=O) groups is 1. The first-order valence-electron chi connectivity index (χ1n) is 11.2. The second-order valence-corrected chi connectivity index (χ2v) is 8.04. The highest BCUT2D eigenvalue weighted by atomic mass is 16.5. The second-order valence-electron chi connectivity index (χ2n) is 8.04. The maximum absolute atomic E-state index is 12.7. The van der Waals surface area contributed by atoms with Gasteiger partial charge in [-0.1, -0.05) is 12.1 Å². The fourth-order valence-electron chi connectivity index (χ4n) is 4.05. The lowest BCUT2D eigenvalue weighted by atomic mass is 9.99. The zero-order valence-electron chi connectivity index (χ0n) is 18.7. The van der Waals surface area contributed by atoms with Crippen LogP contribution in [0.2, 0.25) is 0 Å². The van der Waals surface area contributed by atoms with Crippen LogP contribution in [0.1, 0.15) is 43.9 Å². The number of aryl methyl sites for hydroxylation is 1. The predicted octanol–water partition coefficient (Wildman–Crippen LogP) is 3.43. The summed E-state index contributed by atoms with van der Waals surface area (Å²) < 4.78 is 7.28. The highest BCUT2D eigenvalue weighted by Crippen LogP contribution is 2.26. The fraction of sp³-hybridized carbons (Fsp3) is 0.417. The average Bonchev–Trinajstić information content (AvgIpc) is 3.34. The number of hydrogen-bond donors (Lipinski definition) is 1. The molecule has 1 unspecified atom stereocenters. The number of anilines is 1. The molecule has 32 heavy (non-hydrogen) atoms. The zero-order valence-corrected chi connectivity index (χ0v) is 18.7. The van der Waals surface area contributed by atoms with Crippen molar-refractivity contribution in [1.82, 2.24) is 24.8 Å². The molecule has 3 heterocycles. The molecule has 1 aliphatic rings. The van der Waals surface area contributed by atoms with E-state index in [1.807, 2.05) is 50.4 Å².